The molecule has 3 nitrogen and oxygen atoms in total. The molecule has 0 N–H and O–H groups in total. The lowest BCUT2D eigenvalue weighted by Crippen LogP contribution is -2.17. The van der Waals surface area contributed by atoms with Crippen molar-refractivity contribution in [2.45, 2.75) is 33.6 Å². The van der Waals surface area contributed by atoms with Crippen molar-refractivity contribution in [3.63, 3.8) is 0 Å². The van der Waals surface area contributed by atoms with Gasteiger partial charge >= 0.3 is 5.97 Å². The topological polar surface area (TPSA) is 43.4 Å². The third-order valence-electron chi connectivity index (χ3n) is 1.38. The minimum absolute atomic E-state index is 0.00787. The van der Waals surface area contributed by atoms with Crippen molar-refractivity contribution in [2.75, 3.05) is 6.61 Å². The van der Waals surface area contributed by atoms with E-state index < -0.39 is 0 Å². The smallest absolute Gasteiger partial charge is 0.308 e. The largest absolute Gasteiger partial charge is 0.457 e. The van der Waals surface area contributed by atoms with Crippen molar-refractivity contribution < 1.29 is 14.3 Å². The predicted molar refractivity (Wildman–Crippen MR) is 45.7 cm³/mol. The van der Waals surface area contributed by atoms with Gasteiger partial charge in [-0.05, 0) is 6.42 Å². The summed E-state index contributed by atoms with van der Waals surface area (Å²) >= 11 is 0. The molecule has 70 valence electrons. The van der Waals surface area contributed by atoms with Gasteiger partial charge in [-0.1, -0.05) is 20.8 Å². The van der Waals surface area contributed by atoms with E-state index in [1.165, 1.54) is 0 Å². The molecule has 0 fully saturated rings. The van der Waals surface area contributed by atoms with Gasteiger partial charge in [-0.3, -0.25) is 9.59 Å². The van der Waals surface area contributed by atoms with Crippen LogP contribution in [0.1, 0.15) is 33.6 Å². The second-order valence-corrected chi connectivity index (χ2v) is 3.05. The molecule has 3 heteroatoms. The zero-order chi connectivity index (χ0) is 9.56. The Bertz CT molecular complexity index is 161. The van der Waals surface area contributed by atoms with Gasteiger partial charge in [-0.25, -0.2) is 0 Å². The first kappa shape index (κ1) is 11.1. The van der Waals surface area contributed by atoms with Gasteiger partial charge in [0.2, 0.25) is 0 Å². The van der Waals surface area contributed by atoms with Crippen LogP contribution in [0.4, 0.5) is 0 Å². The van der Waals surface area contributed by atoms with Gasteiger partial charge in [0.1, 0.15) is 6.61 Å². The Morgan fingerprint density at radius 1 is 1.33 bits per heavy atom. The average molecular weight is 172 g/mol. The summed E-state index contributed by atoms with van der Waals surface area (Å²) in [6.45, 7) is 5.34. The van der Waals surface area contributed by atoms with Crippen LogP contribution in [-0.2, 0) is 14.3 Å². The Labute approximate surface area is 73.1 Å². The SMILES string of the molecule is CCCC(=O)COC(=O)C(C)C. The molecule has 0 aromatic rings. The maximum absolute atomic E-state index is 10.9. The van der Waals surface area contributed by atoms with Crippen LogP contribution in [-0.4, -0.2) is 18.4 Å². The molecule has 0 aromatic carbocycles. The number of carbonyl (C=O) groups is 2. The fourth-order valence-electron chi connectivity index (χ4n) is 0.669. The van der Waals surface area contributed by atoms with E-state index in [-0.39, 0.29) is 24.3 Å². The number of rotatable bonds is 5. The van der Waals surface area contributed by atoms with E-state index in [1.54, 1.807) is 13.8 Å². The zero-order valence-electron chi connectivity index (χ0n) is 7.92. The summed E-state index contributed by atoms with van der Waals surface area (Å²) in [5.74, 6) is -0.467. The average Bonchev–Trinajstić information content (AvgIpc) is 2.00. The van der Waals surface area contributed by atoms with Crippen LogP contribution in [0.25, 0.3) is 0 Å². The van der Waals surface area contributed by atoms with Gasteiger partial charge in [-0.15, -0.1) is 0 Å². The Hall–Kier alpha value is -0.860. The highest BCUT2D eigenvalue weighted by Gasteiger charge is 2.09. The predicted octanol–water partition coefficient (Wildman–Crippen LogP) is 1.55. The van der Waals surface area contributed by atoms with E-state index in [4.69, 9.17) is 4.74 Å². The lowest BCUT2D eigenvalue weighted by Gasteiger charge is -2.05. The summed E-state index contributed by atoms with van der Waals surface area (Å²) in [4.78, 5) is 21.8. The van der Waals surface area contributed by atoms with E-state index in [9.17, 15) is 9.59 Å². The molecule has 0 saturated carbocycles. The highest BCUT2D eigenvalue weighted by atomic mass is 16.5. The number of esters is 1. The first-order valence-electron chi connectivity index (χ1n) is 4.26. The summed E-state index contributed by atoms with van der Waals surface area (Å²) in [5.41, 5.74) is 0. The van der Waals surface area contributed by atoms with Crippen LogP contribution >= 0.6 is 0 Å². The molecular weight excluding hydrogens is 156 g/mol. The van der Waals surface area contributed by atoms with E-state index in [1.807, 2.05) is 6.92 Å². The number of Topliss-reactive ketones (excluding diaryl/α,β-unsaturated/α-hetero) is 1. The van der Waals surface area contributed by atoms with Crippen LogP contribution < -0.4 is 0 Å². The molecule has 0 amide bonds. The lowest BCUT2D eigenvalue weighted by atomic mass is 10.2. The van der Waals surface area contributed by atoms with Crippen molar-refractivity contribution >= 4 is 11.8 Å². The molecule has 0 bridgehead atoms. The molecule has 0 saturated heterocycles. The first-order chi connectivity index (χ1) is 5.57. The molecular formula is C9H16O3. The second-order valence-electron chi connectivity index (χ2n) is 3.05. The Balaban J connectivity index is 3.54. The molecule has 12 heavy (non-hydrogen) atoms. The van der Waals surface area contributed by atoms with Crippen LogP contribution in [0.15, 0.2) is 0 Å². The standard InChI is InChI=1S/C9H16O3/c1-4-5-8(10)6-12-9(11)7(2)3/h7H,4-6H2,1-3H3. The summed E-state index contributed by atoms with van der Waals surface area (Å²) in [6.07, 6.45) is 1.30. The Morgan fingerprint density at radius 2 is 1.92 bits per heavy atom. The van der Waals surface area contributed by atoms with E-state index in [0.717, 1.165) is 6.42 Å². The quantitative estimate of drug-likeness (QED) is 0.591. The van der Waals surface area contributed by atoms with Crippen molar-refractivity contribution in [2.24, 2.45) is 5.92 Å². The van der Waals surface area contributed by atoms with Crippen molar-refractivity contribution in [3.8, 4) is 0 Å². The van der Waals surface area contributed by atoms with E-state index in [0.29, 0.717) is 6.42 Å². The van der Waals surface area contributed by atoms with Gasteiger partial charge in [0.25, 0.3) is 0 Å². The number of ketones is 1. The monoisotopic (exact) mass is 172 g/mol. The molecule has 0 aliphatic rings. The number of ether oxygens (including phenoxy) is 1. The Kier molecular flexibility index (Phi) is 5.34. The summed E-state index contributed by atoms with van der Waals surface area (Å²) in [6, 6.07) is 0. The minimum Gasteiger partial charge on any atom is -0.457 e. The highest BCUT2D eigenvalue weighted by Crippen LogP contribution is 1.97. The van der Waals surface area contributed by atoms with Crippen molar-refractivity contribution in [1.29, 1.82) is 0 Å². The van der Waals surface area contributed by atoms with Gasteiger partial charge < -0.3 is 4.74 Å². The minimum atomic E-state index is -0.306. The molecule has 0 spiro atoms. The second kappa shape index (κ2) is 5.75. The third-order valence-corrected chi connectivity index (χ3v) is 1.38. The number of hydrogen-bond donors (Lipinski definition) is 0. The molecule has 0 aromatic heterocycles. The van der Waals surface area contributed by atoms with Gasteiger partial charge in [0, 0.05) is 6.42 Å². The normalized spacial score (nSPS) is 10.0. The molecule has 0 radical (unpaired) electrons. The maximum atomic E-state index is 10.9. The van der Waals surface area contributed by atoms with Crippen LogP contribution in [0.5, 0.6) is 0 Å². The molecule has 0 rings (SSSR count). The lowest BCUT2D eigenvalue weighted by molar-refractivity contribution is -0.151. The van der Waals surface area contributed by atoms with E-state index in [2.05, 4.69) is 0 Å². The van der Waals surface area contributed by atoms with Crippen LogP contribution in [0, 0.1) is 5.92 Å². The van der Waals surface area contributed by atoms with Gasteiger partial charge in [0.05, 0.1) is 5.92 Å². The van der Waals surface area contributed by atoms with Crippen LogP contribution in [0.3, 0.4) is 0 Å². The molecule has 0 atom stereocenters. The Morgan fingerprint density at radius 3 is 2.33 bits per heavy atom. The zero-order valence-corrected chi connectivity index (χ0v) is 7.92. The van der Waals surface area contributed by atoms with E-state index >= 15 is 0 Å². The van der Waals surface area contributed by atoms with Crippen LogP contribution in [0.2, 0.25) is 0 Å². The van der Waals surface area contributed by atoms with Crippen molar-refractivity contribution in [1.82, 2.24) is 0 Å². The molecule has 0 heterocycles. The molecule has 0 aliphatic carbocycles. The molecule has 0 aliphatic heterocycles. The number of carbonyl (C=O) groups excluding carboxylic acids is 2. The highest BCUT2D eigenvalue weighted by molar-refractivity contribution is 5.82. The summed E-state index contributed by atoms with van der Waals surface area (Å²) < 4.78 is 4.73. The first-order valence-corrected chi connectivity index (χ1v) is 4.26. The third kappa shape index (κ3) is 4.88. The fourth-order valence-corrected chi connectivity index (χ4v) is 0.669. The van der Waals surface area contributed by atoms with Crippen molar-refractivity contribution in [3.05, 3.63) is 0 Å². The summed E-state index contributed by atoms with van der Waals surface area (Å²) in [7, 11) is 0. The number of hydrogen-bond acceptors (Lipinski definition) is 3. The maximum Gasteiger partial charge on any atom is 0.308 e. The van der Waals surface area contributed by atoms with Gasteiger partial charge in [-0.2, -0.15) is 0 Å². The molecule has 0 unspecified atom stereocenters. The summed E-state index contributed by atoms with van der Waals surface area (Å²) in [5, 5.41) is 0. The van der Waals surface area contributed by atoms with Gasteiger partial charge in [0.15, 0.2) is 5.78 Å². The fraction of sp³-hybridized carbons (Fsp3) is 0.778.